The summed E-state index contributed by atoms with van der Waals surface area (Å²) in [5, 5.41) is 11.8. The standard InChI is InChI=1S/C12H18F2N2O3.ClH/c1-11(2,10(18)19)6-16-4-8-7(3-9(16)17)12(13,14)5-15-8;/h7-8,15H,3-6H2,1-2H3,(H,18,19);1H. The summed E-state index contributed by atoms with van der Waals surface area (Å²) >= 11 is 0. The number of carboxylic acid groups (broad SMARTS) is 1. The normalized spacial score (nSPS) is 28.8. The Bertz CT molecular complexity index is 418. The molecule has 2 heterocycles. The van der Waals surface area contributed by atoms with Crippen molar-refractivity contribution in [1.82, 2.24) is 10.2 Å². The van der Waals surface area contributed by atoms with Crippen molar-refractivity contribution in [3.63, 3.8) is 0 Å². The van der Waals surface area contributed by atoms with Crippen molar-refractivity contribution in [2.24, 2.45) is 11.3 Å². The van der Waals surface area contributed by atoms with Crippen LogP contribution in [0.15, 0.2) is 0 Å². The van der Waals surface area contributed by atoms with Gasteiger partial charge < -0.3 is 15.3 Å². The molecular formula is C12H19ClF2N2O3. The Kier molecular flexibility index (Phi) is 4.65. The monoisotopic (exact) mass is 312 g/mol. The highest BCUT2D eigenvalue weighted by molar-refractivity contribution is 5.85. The molecule has 116 valence electrons. The van der Waals surface area contributed by atoms with Crippen molar-refractivity contribution < 1.29 is 23.5 Å². The molecule has 2 fully saturated rings. The zero-order chi connectivity index (χ0) is 14.4. The Morgan fingerprint density at radius 1 is 1.55 bits per heavy atom. The maximum absolute atomic E-state index is 13.5. The lowest BCUT2D eigenvalue weighted by molar-refractivity contribution is -0.152. The third-order valence-corrected chi connectivity index (χ3v) is 3.96. The summed E-state index contributed by atoms with van der Waals surface area (Å²) in [6, 6.07) is -0.447. The van der Waals surface area contributed by atoms with Gasteiger partial charge in [-0.1, -0.05) is 0 Å². The molecule has 2 rings (SSSR count). The van der Waals surface area contributed by atoms with E-state index >= 15 is 0 Å². The Balaban J connectivity index is 0.00000200. The molecule has 2 aliphatic rings. The Labute approximate surface area is 122 Å². The van der Waals surface area contributed by atoms with Crippen molar-refractivity contribution in [3.05, 3.63) is 0 Å². The van der Waals surface area contributed by atoms with E-state index in [0.717, 1.165) is 0 Å². The number of aliphatic carboxylic acids is 1. The molecule has 0 spiro atoms. The number of hydrogen-bond acceptors (Lipinski definition) is 3. The summed E-state index contributed by atoms with van der Waals surface area (Å²) in [7, 11) is 0. The molecule has 2 atom stereocenters. The number of likely N-dealkylation sites (tertiary alicyclic amines) is 1. The van der Waals surface area contributed by atoms with E-state index in [9.17, 15) is 18.4 Å². The molecule has 1 amide bonds. The molecule has 0 saturated carbocycles. The van der Waals surface area contributed by atoms with E-state index in [1.165, 1.54) is 18.7 Å². The summed E-state index contributed by atoms with van der Waals surface area (Å²) < 4.78 is 27.0. The fraction of sp³-hybridized carbons (Fsp3) is 0.833. The van der Waals surface area contributed by atoms with Crippen LogP contribution in [0.25, 0.3) is 0 Å². The summed E-state index contributed by atoms with van der Waals surface area (Å²) in [5.41, 5.74) is -1.08. The fourth-order valence-corrected chi connectivity index (χ4v) is 2.67. The first-order chi connectivity index (χ1) is 8.63. The van der Waals surface area contributed by atoms with E-state index in [1.54, 1.807) is 0 Å². The number of nitrogens with one attached hydrogen (secondary N) is 1. The van der Waals surface area contributed by atoms with E-state index < -0.39 is 35.8 Å². The van der Waals surface area contributed by atoms with Gasteiger partial charge in [0, 0.05) is 31.5 Å². The number of amides is 1. The molecular weight excluding hydrogens is 294 g/mol. The predicted octanol–water partition coefficient (Wildman–Crippen LogP) is 0.975. The van der Waals surface area contributed by atoms with Crippen LogP contribution in [0.4, 0.5) is 8.78 Å². The zero-order valence-corrected chi connectivity index (χ0v) is 12.2. The highest BCUT2D eigenvalue weighted by Gasteiger charge is 2.54. The number of carbonyl (C=O) groups excluding carboxylic acids is 1. The molecule has 2 N–H and O–H groups in total. The van der Waals surface area contributed by atoms with Gasteiger partial charge in [0.1, 0.15) is 0 Å². The van der Waals surface area contributed by atoms with Gasteiger partial charge >= 0.3 is 5.97 Å². The molecule has 0 bridgehead atoms. The van der Waals surface area contributed by atoms with Gasteiger partial charge in [0.05, 0.1) is 12.0 Å². The smallest absolute Gasteiger partial charge is 0.310 e. The lowest BCUT2D eigenvalue weighted by atomic mass is 9.87. The van der Waals surface area contributed by atoms with Crippen LogP contribution in [0, 0.1) is 11.3 Å². The van der Waals surface area contributed by atoms with Crippen LogP contribution in [0.3, 0.4) is 0 Å². The van der Waals surface area contributed by atoms with Gasteiger partial charge in [-0.05, 0) is 13.8 Å². The van der Waals surface area contributed by atoms with E-state index in [0.29, 0.717) is 0 Å². The first-order valence-corrected chi connectivity index (χ1v) is 6.26. The summed E-state index contributed by atoms with van der Waals surface area (Å²) in [5.74, 6) is -5.22. The van der Waals surface area contributed by atoms with Gasteiger partial charge in [-0.3, -0.25) is 9.59 Å². The minimum atomic E-state index is -2.85. The van der Waals surface area contributed by atoms with Gasteiger partial charge in [0.15, 0.2) is 0 Å². The minimum Gasteiger partial charge on any atom is -0.481 e. The first kappa shape index (κ1) is 17.1. The summed E-state index contributed by atoms with van der Waals surface area (Å²) in [6.07, 6.45) is -0.222. The van der Waals surface area contributed by atoms with E-state index in [2.05, 4.69) is 5.32 Å². The minimum absolute atomic E-state index is 0. The van der Waals surface area contributed by atoms with Gasteiger partial charge in [-0.15, -0.1) is 12.4 Å². The average Bonchev–Trinajstić information content (AvgIpc) is 2.55. The van der Waals surface area contributed by atoms with Crippen molar-refractivity contribution in [1.29, 1.82) is 0 Å². The van der Waals surface area contributed by atoms with Gasteiger partial charge in [-0.2, -0.15) is 0 Å². The number of rotatable bonds is 3. The zero-order valence-electron chi connectivity index (χ0n) is 11.4. The maximum atomic E-state index is 13.5. The van der Waals surface area contributed by atoms with Crippen LogP contribution in [-0.4, -0.2) is 53.5 Å². The topological polar surface area (TPSA) is 69.6 Å². The molecule has 2 unspecified atom stereocenters. The first-order valence-electron chi connectivity index (χ1n) is 6.26. The number of fused-ring (bicyclic) bond motifs is 1. The van der Waals surface area contributed by atoms with Gasteiger partial charge in [0.25, 0.3) is 5.92 Å². The highest BCUT2D eigenvalue weighted by Crippen LogP contribution is 2.38. The molecule has 20 heavy (non-hydrogen) atoms. The second-order valence-corrected chi connectivity index (χ2v) is 6.02. The van der Waals surface area contributed by atoms with Crippen LogP contribution in [0.5, 0.6) is 0 Å². The Hall–Kier alpha value is -0.950. The molecule has 2 aliphatic heterocycles. The number of carbonyl (C=O) groups is 2. The van der Waals surface area contributed by atoms with Gasteiger partial charge in [-0.25, -0.2) is 8.78 Å². The van der Waals surface area contributed by atoms with Crippen molar-refractivity contribution in [2.75, 3.05) is 19.6 Å². The second-order valence-electron chi connectivity index (χ2n) is 6.02. The number of alkyl halides is 2. The molecule has 0 aromatic rings. The van der Waals surface area contributed by atoms with Crippen LogP contribution in [0.1, 0.15) is 20.3 Å². The fourth-order valence-electron chi connectivity index (χ4n) is 2.67. The summed E-state index contributed by atoms with van der Waals surface area (Å²) in [4.78, 5) is 24.3. The third-order valence-electron chi connectivity index (χ3n) is 3.96. The second kappa shape index (κ2) is 5.44. The van der Waals surface area contributed by atoms with Crippen molar-refractivity contribution >= 4 is 24.3 Å². The SMILES string of the molecule is CC(C)(CN1CC2NCC(F)(F)C2CC1=O)C(=O)O.Cl. The molecule has 0 aliphatic carbocycles. The lowest BCUT2D eigenvalue weighted by Gasteiger charge is -2.38. The van der Waals surface area contributed by atoms with E-state index in [-0.39, 0.29) is 37.8 Å². The number of nitrogens with zero attached hydrogens (tertiary/aromatic N) is 1. The number of carboxylic acids is 1. The molecule has 0 aromatic heterocycles. The van der Waals surface area contributed by atoms with Crippen LogP contribution >= 0.6 is 12.4 Å². The lowest BCUT2D eigenvalue weighted by Crippen LogP contribution is -2.54. The van der Waals surface area contributed by atoms with Crippen LogP contribution in [-0.2, 0) is 9.59 Å². The van der Waals surface area contributed by atoms with Crippen LogP contribution in [0.2, 0.25) is 0 Å². The number of piperidine rings is 1. The van der Waals surface area contributed by atoms with E-state index in [4.69, 9.17) is 5.11 Å². The molecule has 5 nitrogen and oxygen atoms in total. The van der Waals surface area contributed by atoms with Crippen molar-refractivity contribution in [2.45, 2.75) is 32.2 Å². The van der Waals surface area contributed by atoms with Gasteiger partial charge in [0.2, 0.25) is 5.91 Å². The summed E-state index contributed by atoms with van der Waals surface area (Å²) in [6.45, 7) is 2.82. The highest BCUT2D eigenvalue weighted by atomic mass is 35.5. The molecule has 0 aromatic carbocycles. The third kappa shape index (κ3) is 3.03. The van der Waals surface area contributed by atoms with Crippen molar-refractivity contribution in [3.8, 4) is 0 Å². The Morgan fingerprint density at radius 2 is 2.15 bits per heavy atom. The Morgan fingerprint density at radius 3 is 2.70 bits per heavy atom. The molecule has 2 saturated heterocycles. The number of hydrogen-bond donors (Lipinski definition) is 2. The molecule has 0 radical (unpaired) electrons. The predicted molar refractivity (Wildman–Crippen MR) is 70.1 cm³/mol. The van der Waals surface area contributed by atoms with E-state index in [1.807, 2.05) is 0 Å². The average molecular weight is 313 g/mol. The molecule has 8 heteroatoms. The number of halogens is 3. The largest absolute Gasteiger partial charge is 0.481 e. The van der Waals surface area contributed by atoms with Crippen LogP contribution < -0.4 is 5.32 Å². The maximum Gasteiger partial charge on any atom is 0.310 e. The quantitative estimate of drug-likeness (QED) is 0.815.